The topological polar surface area (TPSA) is 76.6 Å². The van der Waals surface area contributed by atoms with Crippen LogP contribution < -0.4 is 19.7 Å². The number of amides is 1. The lowest BCUT2D eigenvalue weighted by Crippen LogP contribution is -2.34. The Morgan fingerprint density at radius 3 is 2.69 bits per heavy atom. The number of hydrogen-bond acceptors (Lipinski definition) is 6. The van der Waals surface area contributed by atoms with Gasteiger partial charge in [-0.1, -0.05) is 13.0 Å². The van der Waals surface area contributed by atoms with Crippen molar-refractivity contribution in [2.24, 2.45) is 5.92 Å². The van der Waals surface area contributed by atoms with Crippen LogP contribution in [0.5, 0.6) is 11.5 Å². The lowest BCUT2D eigenvalue weighted by atomic mass is 10.00. The summed E-state index contributed by atoms with van der Waals surface area (Å²) in [5, 5.41) is 2.88. The van der Waals surface area contributed by atoms with Crippen molar-refractivity contribution >= 4 is 11.9 Å². The molecule has 0 unspecified atom stereocenters. The van der Waals surface area contributed by atoms with E-state index in [2.05, 4.69) is 27.1 Å². The fourth-order valence-corrected chi connectivity index (χ4v) is 3.15. The molecule has 0 aliphatic carbocycles. The molecule has 26 heavy (non-hydrogen) atoms. The predicted molar refractivity (Wildman–Crippen MR) is 96.4 cm³/mol. The molecule has 2 aliphatic rings. The molecule has 1 aromatic carbocycles. The molecule has 1 aromatic heterocycles. The third kappa shape index (κ3) is 3.56. The monoisotopic (exact) mass is 354 g/mol. The quantitative estimate of drug-likeness (QED) is 0.908. The first-order chi connectivity index (χ1) is 12.7. The van der Waals surface area contributed by atoms with Gasteiger partial charge in [-0.15, -0.1) is 0 Å². The smallest absolute Gasteiger partial charge is 0.254 e. The molecule has 2 aromatic rings. The highest BCUT2D eigenvalue weighted by atomic mass is 16.7. The molecule has 0 bridgehead atoms. The van der Waals surface area contributed by atoms with E-state index in [1.807, 2.05) is 18.2 Å². The van der Waals surface area contributed by atoms with Crippen LogP contribution in [0.25, 0.3) is 0 Å². The van der Waals surface area contributed by atoms with Gasteiger partial charge in [-0.3, -0.25) is 4.79 Å². The standard InChI is InChI=1S/C19H22N4O3/c1-13-4-6-23(7-5-13)19-21-10-15(11-22-19)18(24)20-9-14-2-3-16-17(8-14)26-12-25-16/h2-3,8,10-11,13H,4-7,9,12H2,1H3,(H,20,24). The fraction of sp³-hybridized carbons (Fsp3) is 0.421. The van der Waals surface area contributed by atoms with E-state index in [9.17, 15) is 4.79 Å². The van der Waals surface area contributed by atoms with Crippen LogP contribution in [-0.4, -0.2) is 35.8 Å². The Labute approximate surface area is 152 Å². The Balaban J connectivity index is 1.34. The van der Waals surface area contributed by atoms with E-state index in [0.717, 1.165) is 43.2 Å². The number of anilines is 1. The fourth-order valence-electron chi connectivity index (χ4n) is 3.15. The van der Waals surface area contributed by atoms with Gasteiger partial charge < -0.3 is 19.7 Å². The van der Waals surface area contributed by atoms with Gasteiger partial charge in [0.05, 0.1) is 5.56 Å². The summed E-state index contributed by atoms with van der Waals surface area (Å²) in [6.07, 6.45) is 5.49. The first-order valence-corrected chi connectivity index (χ1v) is 8.93. The number of carbonyl (C=O) groups excluding carboxylic acids is 1. The minimum absolute atomic E-state index is 0.193. The molecule has 0 radical (unpaired) electrons. The number of benzene rings is 1. The van der Waals surface area contributed by atoms with E-state index in [1.165, 1.54) is 0 Å². The average Bonchev–Trinajstić information content (AvgIpc) is 3.15. The maximum Gasteiger partial charge on any atom is 0.254 e. The lowest BCUT2D eigenvalue weighted by molar-refractivity contribution is 0.0950. The highest BCUT2D eigenvalue weighted by molar-refractivity contribution is 5.93. The second-order valence-corrected chi connectivity index (χ2v) is 6.81. The number of hydrogen-bond donors (Lipinski definition) is 1. The summed E-state index contributed by atoms with van der Waals surface area (Å²) < 4.78 is 10.6. The largest absolute Gasteiger partial charge is 0.454 e. The average molecular weight is 354 g/mol. The number of ether oxygens (including phenoxy) is 2. The van der Waals surface area contributed by atoms with E-state index in [-0.39, 0.29) is 12.7 Å². The molecule has 3 heterocycles. The number of nitrogens with zero attached hydrogens (tertiary/aromatic N) is 3. The first-order valence-electron chi connectivity index (χ1n) is 8.93. The first kappa shape index (κ1) is 16.6. The van der Waals surface area contributed by atoms with Gasteiger partial charge in [0.15, 0.2) is 11.5 Å². The summed E-state index contributed by atoms with van der Waals surface area (Å²) >= 11 is 0. The van der Waals surface area contributed by atoms with Gasteiger partial charge in [-0.2, -0.15) is 0 Å². The van der Waals surface area contributed by atoms with Gasteiger partial charge in [-0.05, 0) is 36.5 Å². The van der Waals surface area contributed by atoms with Crippen LogP contribution in [0, 0.1) is 5.92 Å². The molecule has 2 aliphatic heterocycles. The number of fused-ring (bicyclic) bond motifs is 1. The van der Waals surface area contributed by atoms with Crippen LogP contribution in [0.2, 0.25) is 0 Å². The summed E-state index contributed by atoms with van der Waals surface area (Å²) in [6, 6.07) is 5.63. The molecule has 0 saturated carbocycles. The SMILES string of the molecule is CC1CCN(c2ncc(C(=O)NCc3ccc4c(c3)OCO4)cn2)CC1. The zero-order chi connectivity index (χ0) is 17.9. The third-order valence-electron chi connectivity index (χ3n) is 4.86. The summed E-state index contributed by atoms with van der Waals surface area (Å²) in [6.45, 7) is 4.85. The van der Waals surface area contributed by atoms with Crippen LogP contribution in [0.1, 0.15) is 35.7 Å². The van der Waals surface area contributed by atoms with Crippen molar-refractivity contribution in [2.75, 3.05) is 24.8 Å². The molecule has 4 rings (SSSR count). The van der Waals surface area contributed by atoms with Crippen molar-refractivity contribution in [1.29, 1.82) is 0 Å². The number of piperidine rings is 1. The summed E-state index contributed by atoms with van der Waals surface area (Å²) in [5.74, 6) is 2.70. The highest BCUT2D eigenvalue weighted by Crippen LogP contribution is 2.32. The summed E-state index contributed by atoms with van der Waals surface area (Å²) in [4.78, 5) is 23.2. The zero-order valence-corrected chi connectivity index (χ0v) is 14.8. The zero-order valence-electron chi connectivity index (χ0n) is 14.8. The van der Waals surface area contributed by atoms with Gasteiger partial charge in [0.1, 0.15) is 0 Å². The minimum atomic E-state index is -0.193. The maximum absolute atomic E-state index is 12.3. The van der Waals surface area contributed by atoms with Crippen LogP contribution in [0.15, 0.2) is 30.6 Å². The predicted octanol–water partition coefficient (Wildman–Crippen LogP) is 2.37. The number of rotatable bonds is 4. The number of carbonyl (C=O) groups is 1. The minimum Gasteiger partial charge on any atom is -0.454 e. The van der Waals surface area contributed by atoms with Gasteiger partial charge in [0.25, 0.3) is 5.91 Å². The van der Waals surface area contributed by atoms with Crippen LogP contribution in [0.4, 0.5) is 5.95 Å². The van der Waals surface area contributed by atoms with Crippen molar-refractivity contribution in [3.8, 4) is 11.5 Å². The molecule has 1 saturated heterocycles. The summed E-state index contributed by atoms with van der Waals surface area (Å²) in [5.41, 5.74) is 1.41. The Bertz CT molecular complexity index is 786. The van der Waals surface area contributed by atoms with Gasteiger partial charge >= 0.3 is 0 Å². The van der Waals surface area contributed by atoms with E-state index < -0.39 is 0 Å². The molecule has 0 spiro atoms. The Hall–Kier alpha value is -2.83. The van der Waals surface area contributed by atoms with Crippen LogP contribution in [0.3, 0.4) is 0 Å². The number of aromatic nitrogens is 2. The van der Waals surface area contributed by atoms with E-state index in [0.29, 0.717) is 23.8 Å². The molecule has 1 N–H and O–H groups in total. The van der Waals surface area contributed by atoms with Crippen LogP contribution in [-0.2, 0) is 6.54 Å². The Morgan fingerprint density at radius 1 is 1.19 bits per heavy atom. The Kier molecular flexibility index (Phi) is 4.60. The van der Waals surface area contributed by atoms with Crippen LogP contribution >= 0.6 is 0 Å². The molecule has 7 nitrogen and oxygen atoms in total. The molecule has 136 valence electrons. The van der Waals surface area contributed by atoms with Crippen molar-refractivity contribution < 1.29 is 14.3 Å². The van der Waals surface area contributed by atoms with Crippen molar-refractivity contribution in [1.82, 2.24) is 15.3 Å². The van der Waals surface area contributed by atoms with Gasteiger partial charge in [0.2, 0.25) is 12.7 Å². The molecule has 0 atom stereocenters. The second-order valence-electron chi connectivity index (χ2n) is 6.81. The van der Waals surface area contributed by atoms with E-state index in [4.69, 9.17) is 9.47 Å². The molecular formula is C19H22N4O3. The van der Waals surface area contributed by atoms with E-state index >= 15 is 0 Å². The Morgan fingerprint density at radius 2 is 1.92 bits per heavy atom. The second kappa shape index (κ2) is 7.19. The molecular weight excluding hydrogens is 332 g/mol. The van der Waals surface area contributed by atoms with Gasteiger partial charge in [0, 0.05) is 32.0 Å². The third-order valence-corrected chi connectivity index (χ3v) is 4.86. The molecule has 1 amide bonds. The molecule has 1 fully saturated rings. The summed E-state index contributed by atoms with van der Waals surface area (Å²) in [7, 11) is 0. The van der Waals surface area contributed by atoms with Crippen molar-refractivity contribution in [2.45, 2.75) is 26.3 Å². The normalized spacial score (nSPS) is 16.6. The van der Waals surface area contributed by atoms with Gasteiger partial charge in [-0.25, -0.2) is 9.97 Å². The lowest BCUT2D eigenvalue weighted by Gasteiger charge is -2.30. The maximum atomic E-state index is 12.3. The number of nitrogens with one attached hydrogen (secondary N) is 1. The van der Waals surface area contributed by atoms with Crippen molar-refractivity contribution in [3.05, 3.63) is 41.7 Å². The van der Waals surface area contributed by atoms with Crippen molar-refractivity contribution in [3.63, 3.8) is 0 Å². The highest BCUT2D eigenvalue weighted by Gasteiger charge is 2.18. The molecule has 7 heteroatoms. The van der Waals surface area contributed by atoms with E-state index in [1.54, 1.807) is 12.4 Å².